The summed E-state index contributed by atoms with van der Waals surface area (Å²) in [6.45, 7) is -0.349. The van der Waals surface area contributed by atoms with Gasteiger partial charge in [0.25, 0.3) is 11.8 Å². The summed E-state index contributed by atoms with van der Waals surface area (Å²) in [7, 11) is 0. The van der Waals surface area contributed by atoms with E-state index in [9.17, 15) is 18.4 Å². The van der Waals surface area contributed by atoms with E-state index < -0.39 is 36.9 Å². The molecule has 1 aromatic rings. The zero-order valence-corrected chi connectivity index (χ0v) is 14.8. The van der Waals surface area contributed by atoms with E-state index in [-0.39, 0.29) is 17.5 Å². The summed E-state index contributed by atoms with van der Waals surface area (Å²) in [5, 5.41) is 2.62. The summed E-state index contributed by atoms with van der Waals surface area (Å²) in [6.07, 6.45) is 3.83. The molecule has 0 spiro atoms. The lowest BCUT2D eigenvalue weighted by Crippen LogP contribution is -2.56. The van der Waals surface area contributed by atoms with Gasteiger partial charge in [-0.25, -0.2) is 13.8 Å². The Morgan fingerprint density at radius 1 is 1.30 bits per heavy atom. The fraction of sp³-hybridized carbons (Fsp3) is 0.611. The Labute approximate surface area is 155 Å². The van der Waals surface area contributed by atoms with Crippen molar-refractivity contribution in [2.24, 2.45) is 17.6 Å². The van der Waals surface area contributed by atoms with Gasteiger partial charge in [-0.15, -0.1) is 0 Å². The maximum Gasteiger partial charge on any atom is 0.282 e. The van der Waals surface area contributed by atoms with Crippen LogP contribution in [0.3, 0.4) is 0 Å². The summed E-state index contributed by atoms with van der Waals surface area (Å²) in [5.74, 6) is -3.13. The van der Waals surface area contributed by atoms with Gasteiger partial charge in [0.05, 0.1) is 19.7 Å². The quantitative estimate of drug-likeness (QED) is 0.709. The number of ether oxygens (including phenoxy) is 1. The van der Waals surface area contributed by atoms with Gasteiger partial charge in [0.1, 0.15) is 17.4 Å². The van der Waals surface area contributed by atoms with E-state index >= 15 is 0 Å². The fourth-order valence-electron chi connectivity index (χ4n) is 3.14. The molecule has 3 N–H and O–H groups in total. The molecule has 2 aliphatic carbocycles. The summed E-state index contributed by atoms with van der Waals surface area (Å²) >= 11 is 0. The number of nitrogens with two attached hydrogens (primary N) is 1. The van der Waals surface area contributed by atoms with Crippen LogP contribution < -0.4 is 20.7 Å². The molecule has 1 aromatic heterocycles. The molecule has 1 saturated heterocycles. The smallest absolute Gasteiger partial charge is 0.282 e. The van der Waals surface area contributed by atoms with Crippen LogP contribution in [0, 0.1) is 11.8 Å². The number of nitrogens with zero attached hydrogens (tertiary/aromatic N) is 2. The standard InChI is InChI=1S/C18H22F2N4O3/c19-18(20)8-24(9-18)13-6-5-12(22-17(13)27-7-10-1-2-10)16(26)23-14(15(21)25)11-3-4-11/h5-6,10-11,14H,1-4,7-9H2,(H2,21,25)(H,23,26). The van der Waals surface area contributed by atoms with Gasteiger partial charge in [-0.2, -0.15) is 0 Å². The highest BCUT2D eigenvalue weighted by Gasteiger charge is 2.45. The molecule has 0 aromatic carbocycles. The van der Waals surface area contributed by atoms with Crippen molar-refractivity contribution in [3.05, 3.63) is 17.8 Å². The Bertz CT molecular complexity index is 757. The molecule has 9 heteroatoms. The van der Waals surface area contributed by atoms with Crippen molar-refractivity contribution in [2.45, 2.75) is 37.6 Å². The number of primary amides is 1. The fourth-order valence-corrected chi connectivity index (χ4v) is 3.14. The van der Waals surface area contributed by atoms with Crippen LogP contribution in [0.5, 0.6) is 5.88 Å². The van der Waals surface area contributed by atoms with Gasteiger partial charge >= 0.3 is 0 Å². The first-order chi connectivity index (χ1) is 12.8. The highest BCUT2D eigenvalue weighted by atomic mass is 19.3. The lowest BCUT2D eigenvalue weighted by Gasteiger charge is -2.40. The van der Waals surface area contributed by atoms with Gasteiger partial charge in [-0.3, -0.25) is 9.59 Å². The molecule has 1 aliphatic heterocycles. The average Bonchev–Trinajstić information content (AvgIpc) is 3.48. The molecular weight excluding hydrogens is 358 g/mol. The number of hydrogen-bond donors (Lipinski definition) is 2. The first-order valence-corrected chi connectivity index (χ1v) is 9.19. The molecule has 2 saturated carbocycles. The summed E-state index contributed by atoms with van der Waals surface area (Å²) in [6, 6.07) is 2.30. The molecular formula is C18H22F2N4O3. The van der Waals surface area contributed by atoms with Crippen LogP contribution in [0.15, 0.2) is 12.1 Å². The van der Waals surface area contributed by atoms with Gasteiger partial charge in [-0.1, -0.05) is 0 Å². The first-order valence-electron chi connectivity index (χ1n) is 9.19. The van der Waals surface area contributed by atoms with Crippen molar-refractivity contribution in [1.82, 2.24) is 10.3 Å². The van der Waals surface area contributed by atoms with Crippen LogP contribution in [0.1, 0.15) is 36.2 Å². The van der Waals surface area contributed by atoms with E-state index in [1.165, 1.54) is 11.0 Å². The van der Waals surface area contributed by atoms with Gasteiger partial charge in [0.15, 0.2) is 0 Å². The van der Waals surface area contributed by atoms with Gasteiger partial charge in [0.2, 0.25) is 11.8 Å². The molecule has 2 heterocycles. The lowest BCUT2D eigenvalue weighted by molar-refractivity contribution is -0.120. The van der Waals surface area contributed by atoms with E-state index in [4.69, 9.17) is 10.5 Å². The maximum absolute atomic E-state index is 13.2. The minimum Gasteiger partial charge on any atom is -0.476 e. The second-order valence-electron chi connectivity index (χ2n) is 7.68. The number of amides is 2. The molecule has 4 rings (SSSR count). The molecule has 1 atom stereocenters. The maximum atomic E-state index is 13.2. The topological polar surface area (TPSA) is 97.5 Å². The van der Waals surface area contributed by atoms with Crippen LogP contribution in [-0.2, 0) is 4.79 Å². The third kappa shape index (κ3) is 4.12. The van der Waals surface area contributed by atoms with Crippen molar-refractivity contribution in [3.63, 3.8) is 0 Å². The van der Waals surface area contributed by atoms with E-state index in [2.05, 4.69) is 10.3 Å². The summed E-state index contributed by atoms with van der Waals surface area (Å²) < 4.78 is 32.2. The van der Waals surface area contributed by atoms with Crippen molar-refractivity contribution in [1.29, 1.82) is 0 Å². The number of rotatable bonds is 8. The molecule has 27 heavy (non-hydrogen) atoms. The molecule has 2 amide bonds. The van der Waals surface area contributed by atoms with Gasteiger partial charge in [-0.05, 0) is 49.7 Å². The van der Waals surface area contributed by atoms with Crippen LogP contribution in [-0.4, -0.2) is 48.5 Å². The SMILES string of the molecule is NC(=O)C(NC(=O)c1ccc(N2CC(F)(F)C2)c(OCC2CC2)n1)C1CC1. The number of carbonyl (C=O) groups is 2. The zero-order valence-electron chi connectivity index (χ0n) is 14.8. The van der Waals surface area contributed by atoms with Crippen LogP contribution in [0.4, 0.5) is 14.5 Å². The van der Waals surface area contributed by atoms with E-state index in [1.54, 1.807) is 6.07 Å². The third-order valence-corrected chi connectivity index (χ3v) is 5.10. The number of hydrogen-bond acceptors (Lipinski definition) is 5. The second-order valence-corrected chi connectivity index (χ2v) is 7.68. The molecule has 0 bridgehead atoms. The number of aromatic nitrogens is 1. The highest BCUT2D eigenvalue weighted by molar-refractivity contribution is 5.96. The molecule has 3 aliphatic rings. The number of anilines is 1. The Balaban J connectivity index is 1.51. The van der Waals surface area contributed by atoms with Gasteiger partial charge < -0.3 is 20.7 Å². The van der Waals surface area contributed by atoms with E-state index in [0.717, 1.165) is 25.7 Å². The average molecular weight is 380 g/mol. The lowest BCUT2D eigenvalue weighted by atomic mass is 10.1. The highest BCUT2D eigenvalue weighted by Crippen LogP contribution is 2.38. The normalized spacial score (nSPS) is 21.9. The second kappa shape index (κ2) is 6.61. The predicted octanol–water partition coefficient (Wildman–Crippen LogP) is 1.32. The Morgan fingerprint density at radius 2 is 2.00 bits per heavy atom. The van der Waals surface area contributed by atoms with Crippen molar-refractivity contribution in [3.8, 4) is 5.88 Å². The molecule has 3 fully saturated rings. The molecule has 7 nitrogen and oxygen atoms in total. The van der Waals surface area contributed by atoms with Crippen molar-refractivity contribution < 1.29 is 23.1 Å². The molecule has 146 valence electrons. The number of nitrogens with one attached hydrogen (secondary N) is 1. The van der Waals surface area contributed by atoms with Crippen molar-refractivity contribution >= 4 is 17.5 Å². The number of pyridine rings is 1. The van der Waals surface area contributed by atoms with Crippen LogP contribution in [0.2, 0.25) is 0 Å². The number of halogens is 2. The minimum atomic E-state index is -2.72. The number of carbonyl (C=O) groups excluding carboxylic acids is 2. The molecule has 0 radical (unpaired) electrons. The predicted molar refractivity (Wildman–Crippen MR) is 92.8 cm³/mol. The zero-order chi connectivity index (χ0) is 19.2. The van der Waals surface area contributed by atoms with E-state index in [0.29, 0.717) is 18.2 Å². The van der Waals surface area contributed by atoms with Gasteiger partial charge in [0, 0.05) is 0 Å². The molecule has 1 unspecified atom stereocenters. The third-order valence-electron chi connectivity index (χ3n) is 5.10. The first kappa shape index (κ1) is 17.9. The Kier molecular flexibility index (Phi) is 4.39. The monoisotopic (exact) mass is 380 g/mol. The van der Waals surface area contributed by atoms with Crippen molar-refractivity contribution in [2.75, 3.05) is 24.6 Å². The minimum absolute atomic E-state index is 0.0691. The largest absolute Gasteiger partial charge is 0.476 e. The summed E-state index contributed by atoms with van der Waals surface area (Å²) in [4.78, 5) is 29.7. The summed E-state index contributed by atoms with van der Waals surface area (Å²) in [5.41, 5.74) is 5.88. The Hall–Kier alpha value is -2.45. The number of alkyl halides is 2. The van der Waals surface area contributed by atoms with E-state index in [1.807, 2.05) is 0 Å². The Morgan fingerprint density at radius 3 is 2.56 bits per heavy atom. The van der Waals surface area contributed by atoms with Crippen LogP contribution in [0.25, 0.3) is 0 Å². The van der Waals surface area contributed by atoms with Crippen LogP contribution >= 0.6 is 0 Å².